The maximum atomic E-state index is 13.1. The minimum Gasteiger partial charge on any atom is -0.374 e. The molecule has 2 aromatic rings. The molecule has 2 rings (SSSR count). The van der Waals surface area contributed by atoms with E-state index >= 15 is 0 Å². The number of carbonyl (C=O) groups is 1. The van der Waals surface area contributed by atoms with Gasteiger partial charge in [-0.15, -0.1) is 0 Å². The van der Waals surface area contributed by atoms with Gasteiger partial charge in [-0.2, -0.15) is 0 Å². The number of para-hydroxylation sites is 1. The number of halogens is 1. The molecule has 0 heterocycles. The van der Waals surface area contributed by atoms with Crippen molar-refractivity contribution in [2.45, 2.75) is 13.0 Å². The topological polar surface area (TPSA) is 32.3 Å². The molecule has 0 radical (unpaired) electrons. The average molecular weight is 272 g/mol. The van der Waals surface area contributed by atoms with Crippen LogP contribution in [0.15, 0.2) is 54.6 Å². The SMILES string of the molecule is CC(Nc1cccc(F)c1)C(=O)N(C)c1ccccc1. The van der Waals surface area contributed by atoms with Gasteiger partial charge in [-0.05, 0) is 37.3 Å². The Bertz CT molecular complexity index is 586. The molecular formula is C16H17FN2O. The van der Waals surface area contributed by atoms with Gasteiger partial charge in [0, 0.05) is 18.4 Å². The molecule has 104 valence electrons. The molecule has 0 spiro atoms. The van der Waals surface area contributed by atoms with Crippen LogP contribution in [0.5, 0.6) is 0 Å². The van der Waals surface area contributed by atoms with Crippen LogP contribution in [0.25, 0.3) is 0 Å². The lowest BCUT2D eigenvalue weighted by Gasteiger charge is -2.22. The van der Waals surface area contributed by atoms with Gasteiger partial charge in [-0.25, -0.2) is 4.39 Å². The lowest BCUT2D eigenvalue weighted by molar-refractivity contribution is -0.118. The van der Waals surface area contributed by atoms with Gasteiger partial charge in [-0.1, -0.05) is 24.3 Å². The fraction of sp³-hybridized carbons (Fsp3) is 0.188. The zero-order valence-corrected chi connectivity index (χ0v) is 11.5. The summed E-state index contributed by atoms with van der Waals surface area (Å²) in [6, 6.07) is 15.0. The van der Waals surface area contributed by atoms with Crippen molar-refractivity contribution in [1.82, 2.24) is 0 Å². The van der Waals surface area contributed by atoms with Crippen molar-refractivity contribution in [2.24, 2.45) is 0 Å². The van der Waals surface area contributed by atoms with Crippen molar-refractivity contribution in [3.8, 4) is 0 Å². The number of benzene rings is 2. The highest BCUT2D eigenvalue weighted by Crippen LogP contribution is 2.15. The van der Waals surface area contributed by atoms with Crippen LogP contribution >= 0.6 is 0 Å². The van der Waals surface area contributed by atoms with Crippen molar-refractivity contribution in [3.05, 3.63) is 60.4 Å². The molecule has 0 saturated heterocycles. The first-order valence-electron chi connectivity index (χ1n) is 6.42. The number of anilines is 2. The molecule has 1 amide bonds. The summed E-state index contributed by atoms with van der Waals surface area (Å²) in [5.41, 5.74) is 1.41. The molecule has 4 heteroatoms. The molecule has 0 aliphatic rings. The quantitative estimate of drug-likeness (QED) is 0.926. The standard InChI is InChI=1S/C16H17FN2O/c1-12(18-14-8-6-7-13(17)11-14)16(20)19(2)15-9-4-3-5-10-15/h3-12,18H,1-2H3. The molecule has 0 aliphatic heterocycles. The zero-order chi connectivity index (χ0) is 14.5. The molecule has 0 aromatic heterocycles. The number of likely N-dealkylation sites (N-methyl/N-ethyl adjacent to an activating group) is 1. The largest absolute Gasteiger partial charge is 0.374 e. The van der Waals surface area contributed by atoms with Crippen LogP contribution in [0, 0.1) is 5.82 Å². The van der Waals surface area contributed by atoms with Gasteiger partial charge >= 0.3 is 0 Å². The third kappa shape index (κ3) is 3.35. The van der Waals surface area contributed by atoms with E-state index in [0.717, 1.165) is 5.69 Å². The molecule has 2 aromatic carbocycles. The Hall–Kier alpha value is -2.36. The van der Waals surface area contributed by atoms with Gasteiger partial charge in [0.25, 0.3) is 0 Å². The van der Waals surface area contributed by atoms with Gasteiger partial charge < -0.3 is 10.2 Å². The third-order valence-electron chi connectivity index (χ3n) is 3.05. The normalized spacial score (nSPS) is 11.8. The van der Waals surface area contributed by atoms with E-state index in [-0.39, 0.29) is 11.7 Å². The van der Waals surface area contributed by atoms with E-state index in [9.17, 15) is 9.18 Å². The zero-order valence-electron chi connectivity index (χ0n) is 11.5. The van der Waals surface area contributed by atoms with E-state index in [2.05, 4.69) is 5.32 Å². The Labute approximate surface area is 118 Å². The minimum absolute atomic E-state index is 0.0829. The number of nitrogens with zero attached hydrogens (tertiary/aromatic N) is 1. The van der Waals surface area contributed by atoms with Crippen molar-refractivity contribution in [1.29, 1.82) is 0 Å². The lowest BCUT2D eigenvalue weighted by atomic mass is 10.2. The number of carbonyl (C=O) groups excluding carboxylic acids is 1. The molecular weight excluding hydrogens is 255 g/mol. The molecule has 0 bridgehead atoms. The van der Waals surface area contributed by atoms with Gasteiger partial charge in [0.15, 0.2) is 0 Å². The first-order chi connectivity index (χ1) is 9.58. The van der Waals surface area contributed by atoms with Crippen molar-refractivity contribution in [2.75, 3.05) is 17.3 Å². The first kappa shape index (κ1) is 14.1. The highest BCUT2D eigenvalue weighted by molar-refractivity contribution is 5.97. The van der Waals surface area contributed by atoms with Crippen LogP contribution in [0.1, 0.15) is 6.92 Å². The van der Waals surface area contributed by atoms with Crippen LogP contribution in [0.3, 0.4) is 0 Å². The lowest BCUT2D eigenvalue weighted by Crippen LogP contribution is -2.39. The number of amides is 1. The third-order valence-corrected chi connectivity index (χ3v) is 3.05. The molecule has 0 aliphatic carbocycles. The van der Waals surface area contributed by atoms with Crippen molar-refractivity contribution < 1.29 is 9.18 Å². The van der Waals surface area contributed by atoms with E-state index in [4.69, 9.17) is 0 Å². The highest BCUT2D eigenvalue weighted by atomic mass is 19.1. The Morgan fingerprint density at radius 2 is 1.85 bits per heavy atom. The maximum absolute atomic E-state index is 13.1. The summed E-state index contributed by atoms with van der Waals surface area (Å²) in [5, 5.41) is 3.00. The second kappa shape index (κ2) is 6.19. The van der Waals surface area contributed by atoms with Gasteiger partial charge in [0.2, 0.25) is 5.91 Å². The van der Waals surface area contributed by atoms with Crippen molar-refractivity contribution in [3.63, 3.8) is 0 Å². The minimum atomic E-state index is -0.443. The summed E-state index contributed by atoms with van der Waals surface area (Å²) in [6.07, 6.45) is 0. The summed E-state index contributed by atoms with van der Waals surface area (Å²) < 4.78 is 13.1. The average Bonchev–Trinajstić information content (AvgIpc) is 2.46. The van der Waals surface area contributed by atoms with Crippen LogP contribution < -0.4 is 10.2 Å². The van der Waals surface area contributed by atoms with E-state index in [1.807, 2.05) is 30.3 Å². The molecule has 0 saturated carbocycles. The monoisotopic (exact) mass is 272 g/mol. The van der Waals surface area contributed by atoms with Gasteiger partial charge in [0.1, 0.15) is 11.9 Å². The second-order valence-corrected chi connectivity index (χ2v) is 4.61. The van der Waals surface area contributed by atoms with Crippen molar-refractivity contribution >= 4 is 17.3 Å². The van der Waals surface area contributed by atoms with E-state index in [1.54, 1.807) is 31.0 Å². The molecule has 3 nitrogen and oxygen atoms in total. The Morgan fingerprint density at radius 3 is 2.50 bits per heavy atom. The maximum Gasteiger partial charge on any atom is 0.248 e. The summed E-state index contributed by atoms with van der Waals surface area (Å²) in [4.78, 5) is 13.9. The second-order valence-electron chi connectivity index (χ2n) is 4.61. The molecule has 20 heavy (non-hydrogen) atoms. The van der Waals surface area contributed by atoms with Gasteiger partial charge in [0.05, 0.1) is 0 Å². The Kier molecular flexibility index (Phi) is 4.35. The number of rotatable bonds is 4. The predicted octanol–water partition coefficient (Wildman–Crippen LogP) is 3.29. The van der Waals surface area contributed by atoms with Crippen LogP contribution in [-0.4, -0.2) is 19.0 Å². The Balaban J connectivity index is 2.05. The van der Waals surface area contributed by atoms with Crippen LogP contribution in [0.2, 0.25) is 0 Å². The van der Waals surface area contributed by atoms with Crippen LogP contribution in [-0.2, 0) is 4.79 Å². The van der Waals surface area contributed by atoms with E-state index in [1.165, 1.54) is 12.1 Å². The summed E-state index contributed by atoms with van der Waals surface area (Å²) in [5.74, 6) is -0.411. The number of hydrogen-bond donors (Lipinski definition) is 1. The molecule has 1 unspecified atom stereocenters. The number of nitrogens with one attached hydrogen (secondary N) is 1. The summed E-state index contributed by atoms with van der Waals surface area (Å²) >= 11 is 0. The van der Waals surface area contributed by atoms with E-state index in [0.29, 0.717) is 5.69 Å². The summed E-state index contributed by atoms with van der Waals surface area (Å²) in [6.45, 7) is 1.76. The summed E-state index contributed by atoms with van der Waals surface area (Å²) in [7, 11) is 1.72. The Morgan fingerprint density at radius 1 is 1.15 bits per heavy atom. The predicted molar refractivity (Wildman–Crippen MR) is 79.3 cm³/mol. The fourth-order valence-electron chi connectivity index (χ4n) is 1.96. The highest BCUT2D eigenvalue weighted by Gasteiger charge is 2.18. The first-order valence-corrected chi connectivity index (χ1v) is 6.42. The van der Waals surface area contributed by atoms with Crippen LogP contribution in [0.4, 0.5) is 15.8 Å². The van der Waals surface area contributed by atoms with E-state index < -0.39 is 6.04 Å². The molecule has 1 N–H and O–H groups in total. The molecule has 1 atom stereocenters. The van der Waals surface area contributed by atoms with Gasteiger partial charge in [-0.3, -0.25) is 4.79 Å². The molecule has 0 fully saturated rings. The number of hydrogen-bond acceptors (Lipinski definition) is 2. The smallest absolute Gasteiger partial charge is 0.248 e. The fourth-order valence-corrected chi connectivity index (χ4v) is 1.96.